The number of rotatable bonds is 5. The molecule has 1 heterocycles. The van der Waals surface area contributed by atoms with E-state index in [-0.39, 0.29) is 12.0 Å². The van der Waals surface area contributed by atoms with Gasteiger partial charge in [-0.05, 0) is 43.4 Å². The Morgan fingerprint density at radius 3 is 2.58 bits per heavy atom. The molecule has 2 saturated carbocycles. The fourth-order valence-electron chi connectivity index (χ4n) is 4.24. The Labute approximate surface area is 180 Å². The highest BCUT2D eigenvalue weighted by Crippen LogP contribution is 2.39. The summed E-state index contributed by atoms with van der Waals surface area (Å²) in [4.78, 5) is 29.5. The molecule has 0 bridgehead atoms. The van der Waals surface area contributed by atoms with E-state index in [4.69, 9.17) is 4.52 Å². The highest BCUT2D eigenvalue weighted by atomic mass is 16.5. The van der Waals surface area contributed by atoms with Crippen LogP contribution < -0.4 is 10.6 Å². The van der Waals surface area contributed by atoms with Crippen molar-refractivity contribution in [2.75, 3.05) is 5.32 Å². The second-order valence-corrected chi connectivity index (χ2v) is 8.29. The van der Waals surface area contributed by atoms with Crippen LogP contribution in [-0.2, 0) is 9.59 Å². The average molecular weight is 416 g/mol. The normalized spacial score (nSPS) is 20.4. The van der Waals surface area contributed by atoms with Gasteiger partial charge in [-0.3, -0.25) is 9.59 Å². The molecule has 2 fully saturated rings. The molecule has 2 N–H and O–H groups in total. The summed E-state index contributed by atoms with van der Waals surface area (Å²) in [5.41, 5.74) is 2.44. The van der Waals surface area contributed by atoms with Crippen molar-refractivity contribution in [3.8, 4) is 11.4 Å². The molecule has 0 saturated heterocycles. The second kappa shape index (κ2) is 8.34. The van der Waals surface area contributed by atoms with Gasteiger partial charge in [-0.25, -0.2) is 0 Å². The third-order valence-electron chi connectivity index (χ3n) is 6.01. The molecule has 31 heavy (non-hydrogen) atoms. The van der Waals surface area contributed by atoms with E-state index in [2.05, 4.69) is 32.9 Å². The molecular weight excluding hydrogens is 392 g/mol. The maximum atomic E-state index is 12.6. The molecular formula is C24H24N4O3. The van der Waals surface area contributed by atoms with E-state index in [1.807, 2.05) is 24.3 Å². The zero-order chi connectivity index (χ0) is 21.2. The molecule has 2 aromatic carbocycles. The van der Waals surface area contributed by atoms with Crippen molar-refractivity contribution in [1.29, 1.82) is 0 Å². The number of amides is 2. The van der Waals surface area contributed by atoms with Gasteiger partial charge in [0.1, 0.15) is 0 Å². The van der Waals surface area contributed by atoms with Crippen molar-refractivity contribution in [2.45, 2.75) is 50.0 Å². The molecule has 2 atom stereocenters. The van der Waals surface area contributed by atoms with Crippen LogP contribution in [0.2, 0.25) is 0 Å². The number of hydrogen-bond donors (Lipinski definition) is 2. The van der Waals surface area contributed by atoms with Gasteiger partial charge in [-0.15, -0.1) is 0 Å². The standard InChI is InChI=1S/C24H24N4O3/c29-22(23(30)26-20-11-5-10-19(20)15-6-2-1-3-7-15)25-18-9-4-8-17(14-18)21-27-24(31-28-21)16-12-13-16/h1-4,6-9,14,16,19-20H,5,10-13H2,(H,25,29)(H,26,30). The third-order valence-corrected chi connectivity index (χ3v) is 6.01. The van der Waals surface area contributed by atoms with Crippen LogP contribution in [0.15, 0.2) is 59.1 Å². The first-order chi connectivity index (χ1) is 15.2. The zero-order valence-electron chi connectivity index (χ0n) is 17.1. The van der Waals surface area contributed by atoms with Crippen LogP contribution >= 0.6 is 0 Å². The summed E-state index contributed by atoms with van der Waals surface area (Å²) in [6, 6.07) is 17.2. The van der Waals surface area contributed by atoms with Crippen LogP contribution in [0.4, 0.5) is 5.69 Å². The molecule has 2 unspecified atom stereocenters. The largest absolute Gasteiger partial charge is 0.344 e. The van der Waals surface area contributed by atoms with Crippen LogP contribution in [0, 0.1) is 0 Å². The number of nitrogens with one attached hydrogen (secondary N) is 2. The Morgan fingerprint density at radius 2 is 1.77 bits per heavy atom. The number of benzene rings is 2. The van der Waals surface area contributed by atoms with Gasteiger partial charge in [-0.1, -0.05) is 54.0 Å². The topological polar surface area (TPSA) is 97.1 Å². The maximum Gasteiger partial charge on any atom is 0.313 e. The van der Waals surface area contributed by atoms with Crippen LogP contribution in [0.5, 0.6) is 0 Å². The smallest absolute Gasteiger partial charge is 0.313 e. The third kappa shape index (κ3) is 4.35. The second-order valence-electron chi connectivity index (χ2n) is 8.29. The lowest BCUT2D eigenvalue weighted by Crippen LogP contribution is -2.42. The van der Waals surface area contributed by atoms with Crippen LogP contribution in [0.3, 0.4) is 0 Å². The predicted molar refractivity (Wildman–Crippen MR) is 115 cm³/mol. The summed E-state index contributed by atoms with van der Waals surface area (Å²) in [6.45, 7) is 0. The average Bonchev–Trinajstić information content (AvgIpc) is 3.34. The number of carbonyl (C=O) groups excluding carboxylic acids is 2. The predicted octanol–water partition coefficient (Wildman–Crippen LogP) is 4.01. The van der Waals surface area contributed by atoms with Crippen molar-refractivity contribution in [3.63, 3.8) is 0 Å². The van der Waals surface area contributed by atoms with Gasteiger partial charge in [-0.2, -0.15) is 4.98 Å². The molecule has 0 spiro atoms. The number of hydrogen-bond acceptors (Lipinski definition) is 5. The van der Waals surface area contributed by atoms with Gasteiger partial charge in [0, 0.05) is 29.1 Å². The number of nitrogens with zero attached hydrogens (tertiary/aromatic N) is 2. The molecule has 7 nitrogen and oxygen atoms in total. The molecule has 2 aliphatic rings. The first kappa shape index (κ1) is 19.5. The minimum Gasteiger partial charge on any atom is -0.344 e. The molecule has 2 amide bonds. The number of aromatic nitrogens is 2. The van der Waals surface area contributed by atoms with Gasteiger partial charge >= 0.3 is 11.8 Å². The summed E-state index contributed by atoms with van der Waals surface area (Å²) in [6.07, 6.45) is 5.07. The molecule has 0 aliphatic heterocycles. The molecule has 2 aliphatic carbocycles. The fraction of sp³-hybridized carbons (Fsp3) is 0.333. The van der Waals surface area contributed by atoms with Gasteiger partial charge in [0.15, 0.2) is 0 Å². The van der Waals surface area contributed by atoms with Crippen LogP contribution in [-0.4, -0.2) is 28.0 Å². The minimum atomic E-state index is -0.678. The molecule has 0 radical (unpaired) electrons. The van der Waals surface area contributed by atoms with Gasteiger partial charge in [0.25, 0.3) is 0 Å². The van der Waals surface area contributed by atoms with Crippen molar-refractivity contribution in [2.24, 2.45) is 0 Å². The van der Waals surface area contributed by atoms with E-state index in [0.29, 0.717) is 23.3 Å². The Kier molecular flexibility index (Phi) is 5.24. The molecule has 158 valence electrons. The Bertz CT molecular complexity index is 1090. The van der Waals surface area contributed by atoms with Crippen LogP contribution in [0.25, 0.3) is 11.4 Å². The van der Waals surface area contributed by atoms with E-state index < -0.39 is 11.8 Å². The molecule has 7 heteroatoms. The van der Waals surface area contributed by atoms with Crippen molar-refractivity contribution in [3.05, 3.63) is 66.1 Å². The summed E-state index contributed by atoms with van der Waals surface area (Å²) < 4.78 is 5.31. The number of anilines is 1. The fourth-order valence-corrected chi connectivity index (χ4v) is 4.24. The molecule has 1 aromatic heterocycles. The summed E-state index contributed by atoms with van der Waals surface area (Å²) in [5, 5.41) is 9.64. The Balaban J connectivity index is 1.23. The van der Waals surface area contributed by atoms with Crippen molar-refractivity contribution >= 4 is 17.5 Å². The SMILES string of the molecule is O=C(Nc1cccc(-c2noc(C3CC3)n2)c1)C(=O)NC1CCCC1c1ccccc1. The van der Waals surface area contributed by atoms with E-state index in [0.717, 1.165) is 37.7 Å². The van der Waals surface area contributed by atoms with E-state index in [1.54, 1.807) is 18.2 Å². The van der Waals surface area contributed by atoms with Crippen molar-refractivity contribution < 1.29 is 14.1 Å². The first-order valence-corrected chi connectivity index (χ1v) is 10.8. The van der Waals surface area contributed by atoms with E-state index in [9.17, 15) is 9.59 Å². The summed E-state index contributed by atoms with van der Waals surface area (Å²) in [7, 11) is 0. The summed E-state index contributed by atoms with van der Waals surface area (Å²) in [5.74, 6) is 0.465. The molecule has 5 rings (SSSR count). The Hall–Kier alpha value is -3.48. The lowest BCUT2D eigenvalue weighted by Gasteiger charge is -2.21. The van der Waals surface area contributed by atoms with E-state index >= 15 is 0 Å². The summed E-state index contributed by atoms with van der Waals surface area (Å²) >= 11 is 0. The van der Waals surface area contributed by atoms with Gasteiger partial charge in [0.2, 0.25) is 11.7 Å². The zero-order valence-corrected chi connectivity index (χ0v) is 17.1. The maximum absolute atomic E-state index is 12.6. The highest BCUT2D eigenvalue weighted by Gasteiger charge is 2.31. The number of carbonyl (C=O) groups is 2. The quantitative estimate of drug-likeness (QED) is 0.613. The highest BCUT2D eigenvalue weighted by molar-refractivity contribution is 6.39. The monoisotopic (exact) mass is 416 g/mol. The van der Waals surface area contributed by atoms with Crippen LogP contribution in [0.1, 0.15) is 55.4 Å². The molecule has 3 aromatic rings. The van der Waals surface area contributed by atoms with E-state index in [1.165, 1.54) is 5.56 Å². The van der Waals surface area contributed by atoms with Crippen molar-refractivity contribution in [1.82, 2.24) is 15.5 Å². The lowest BCUT2D eigenvalue weighted by molar-refractivity contribution is -0.136. The Morgan fingerprint density at radius 1 is 0.935 bits per heavy atom. The lowest BCUT2D eigenvalue weighted by atomic mass is 9.94. The van der Waals surface area contributed by atoms with Gasteiger partial charge < -0.3 is 15.2 Å². The minimum absolute atomic E-state index is 0.0350. The van der Waals surface area contributed by atoms with Gasteiger partial charge in [0.05, 0.1) is 0 Å². The first-order valence-electron chi connectivity index (χ1n) is 10.8.